The first-order valence-corrected chi connectivity index (χ1v) is 9.07. The van der Waals surface area contributed by atoms with Crippen LogP contribution < -0.4 is 5.32 Å². The van der Waals surface area contributed by atoms with Crippen LogP contribution >= 0.6 is 11.8 Å². The molecule has 1 aromatic heterocycles. The van der Waals surface area contributed by atoms with Gasteiger partial charge in [-0.15, -0.1) is 0 Å². The molecule has 0 aliphatic rings. The molecule has 1 amide bonds. The number of halogens is 3. The number of nitrogens with one attached hydrogen (secondary N) is 1. The van der Waals surface area contributed by atoms with Gasteiger partial charge in [0.05, 0.1) is 35.1 Å². The number of carbonyl (C=O) groups excluding carboxylic acids is 1. The zero-order chi connectivity index (χ0) is 19.9. The van der Waals surface area contributed by atoms with Crippen molar-refractivity contribution in [1.82, 2.24) is 10.3 Å². The fourth-order valence-corrected chi connectivity index (χ4v) is 2.96. The lowest BCUT2D eigenvalue weighted by atomic mass is 10.0. The summed E-state index contributed by atoms with van der Waals surface area (Å²) < 4.78 is 37.5. The second-order valence-electron chi connectivity index (χ2n) is 5.78. The van der Waals surface area contributed by atoms with Crippen molar-refractivity contribution in [1.29, 1.82) is 0 Å². The summed E-state index contributed by atoms with van der Waals surface area (Å²) in [5.74, 6) is -0.489. The van der Waals surface area contributed by atoms with Crippen LogP contribution in [0, 0.1) is 0 Å². The Morgan fingerprint density at radius 2 is 1.89 bits per heavy atom. The summed E-state index contributed by atoms with van der Waals surface area (Å²) in [7, 11) is 0. The molecule has 2 atom stereocenters. The molecular weight excluding hydrogens is 381 g/mol. The van der Waals surface area contributed by atoms with E-state index >= 15 is 0 Å². The van der Waals surface area contributed by atoms with Gasteiger partial charge in [0, 0.05) is 6.20 Å². The van der Waals surface area contributed by atoms with Crippen LogP contribution in [-0.4, -0.2) is 39.5 Å². The van der Waals surface area contributed by atoms with Crippen molar-refractivity contribution in [3.63, 3.8) is 0 Å². The van der Waals surface area contributed by atoms with Crippen molar-refractivity contribution < 1.29 is 28.2 Å². The minimum atomic E-state index is -4.46. The lowest BCUT2D eigenvalue weighted by Gasteiger charge is -2.20. The molecule has 0 radical (unpaired) electrons. The Hall–Kier alpha value is -2.10. The number of aliphatic hydroxyl groups excluding tert-OH is 2. The minimum Gasteiger partial charge on any atom is -0.394 e. The number of thioether (sulfide) groups is 1. The Morgan fingerprint density at radius 1 is 1.19 bits per heavy atom. The smallest absolute Gasteiger partial charge is 0.394 e. The molecule has 0 aliphatic heterocycles. The lowest BCUT2D eigenvalue weighted by Crippen LogP contribution is -2.39. The number of benzene rings is 1. The predicted molar refractivity (Wildman–Crippen MR) is 95.0 cm³/mol. The Balaban J connectivity index is 1.83. The number of amides is 1. The van der Waals surface area contributed by atoms with Gasteiger partial charge in [0.1, 0.15) is 0 Å². The Kier molecular flexibility index (Phi) is 7.64. The van der Waals surface area contributed by atoms with Gasteiger partial charge in [0.25, 0.3) is 0 Å². The third kappa shape index (κ3) is 6.85. The van der Waals surface area contributed by atoms with Crippen molar-refractivity contribution >= 4 is 17.7 Å². The SMILES string of the molecule is O=C(CSc1ccc(C(F)(F)F)cn1)N[C@@H](CO)C[C@H](O)c1ccccc1. The maximum Gasteiger partial charge on any atom is 0.417 e. The summed E-state index contributed by atoms with van der Waals surface area (Å²) >= 11 is 0.981. The van der Waals surface area contributed by atoms with Crippen molar-refractivity contribution in [2.75, 3.05) is 12.4 Å². The quantitative estimate of drug-likeness (QED) is 0.594. The van der Waals surface area contributed by atoms with Gasteiger partial charge in [-0.2, -0.15) is 13.2 Å². The molecule has 3 N–H and O–H groups in total. The van der Waals surface area contributed by atoms with Gasteiger partial charge >= 0.3 is 6.18 Å². The number of carbonyl (C=O) groups is 1. The second kappa shape index (κ2) is 9.72. The van der Waals surface area contributed by atoms with E-state index < -0.39 is 29.8 Å². The van der Waals surface area contributed by atoms with Crippen LogP contribution in [-0.2, 0) is 11.0 Å². The number of aliphatic hydroxyl groups is 2. The van der Waals surface area contributed by atoms with Gasteiger partial charge in [-0.1, -0.05) is 42.1 Å². The van der Waals surface area contributed by atoms with Crippen LogP contribution in [0.25, 0.3) is 0 Å². The summed E-state index contributed by atoms with van der Waals surface area (Å²) in [6.45, 7) is -0.348. The number of aromatic nitrogens is 1. The lowest BCUT2D eigenvalue weighted by molar-refractivity contribution is -0.137. The zero-order valence-electron chi connectivity index (χ0n) is 14.2. The molecule has 146 valence electrons. The summed E-state index contributed by atoms with van der Waals surface area (Å²) in [6.07, 6.45) is -4.45. The van der Waals surface area contributed by atoms with E-state index in [1.54, 1.807) is 24.3 Å². The van der Waals surface area contributed by atoms with E-state index in [2.05, 4.69) is 10.3 Å². The molecule has 0 spiro atoms. The molecule has 0 bridgehead atoms. The molecule has 0 unspecified atom stereocenters. The van der Waals surface area contributed by atoms with Gasteiger partial charge < -0.3 is 15.5 Å². The average molecular weight is 400 g/mol. The van der Waals surface area contributed by atoms with Crippen LogP contribution in [0.3, 0.4) is 0 Å². The number of alkyl halides is 3. The predicted octanol–water partition coefficient (Wildman–Crippen LogP) is 2.79. The number of nitrogens with zero attached hydrogens (tertiary/aromatic N) is 1. The first kappa shape index (κ1) is 21.2. The molecule has 1 aromatic carbocycles. The van der Waals surface area contributed by atoms with Crippen LogP contribution in [0.5, 0.6) is 0 Å². The van der Waals surface area contributed by atoms with Gasteiger partial charge in [-0.3, -0.25) is 4.79 Å². The van der Waals surface area contributed by atoms with Crippen LogP contribution in [0.4, 0.5) is 13.2 Å². The Morgan fingerprint density at radius 3 is 2.44 bits per heavy atom. The van der Waals surface area contributed by atoms with Crippen molar-refractivity contribution in [3.05, 3.63) is 59.8 Å². The molecule has 27 heavy (non-hydrogen) atoms. The van der Waals surface area contributed by atoms with Crippen molar-refractivity contribution in [3.8, 4) is 0 Å². The molecule has 0 saturated carbocycles. The highest BCUT2D eigenvalue weighted by Gasteiger charge is 2.30. The van der Waals surface area contributed by atoms with Crippen molar-refractivity contribution in [2.24, 2.45) is 0 Å². The average Bonchev–Trinajstić information content (AvgIpc) is 2.66. The maximum atomic E-state index is 12.5. The van der Waals surface area contributed by atoms with E-state index in [1.165, 1.54) is 6.07 Å². The Bertz CT molecular complexity index is 727. The molecule has 0 aliphatic carbocycles. The number of hydrogen-bond donors (Lipinski definition) is 3. The topological polar surface area (TPSA) is 82.5 Å². The van der Waals surface area contributed by atoms with E-state index in [-0.39, 0.29) is 23.8 Å². The molecule has 5 nitrogen and oxygen atoms in total. The normalized spacial score (nSPS) is 13.8. The summed E-state index contributed by atoms with van der Waals surface area (Å²) in [5.41, 5.74) is -0.180. The molecule has 2 aromatic rings. The fraction of sp³-hybridized carbons (Fsp3) is 0.333. The minimum absolute atomic E-state index is 0.0731. The number of pyridine rings is 1. The summed E-state index contributed by atoms with van der Waals surface area (Å²) in [4.78, 5) is 15.7. The van der Waals surface area contributed by atoms with E-state index in [1.807, 2.05) is 6.07 Å². The monoisotopic (exact) mass is 400 g/mol. The maximum absolute atomic E-state index is 12.5. The molecule has 2 rings (SSSR count). The van der Waals surface area contributed by atoms with Crippen LogP contribution in [0.2, 0.25) is 0 Å². The van der Waals surface area contributed by atoms with Gasteiger partial charge in [-0.25, -0.2) is 4.98 Å². The zero-order valence-corrected chi connectivity index (χ0v) is 15.0. The molecular formula is C18H19F3N2O3S. The van der Waals surface area contributed by atoms with Crippen molar-refractivity contribution in [2.45, 2.75) is 29.8 Å². The molecule has 0 fully saturated rings. The van der Waals surface area contributed by atoms with E-state index in [9.17, 15) is 28.2 Å². The van der Waals surface area contributed by atoms with Gasteiger partial charge in [0.15, 0.2) is 0 Å². The number of rotatable bonds is 8. The molecule has 9 heteroatoms. The summed E-state index contributed by atoms with van der Waals surface area (Å²) in [6, 6.07) is 10.3. The fourth-order valence-electron chi connectivity index (χ4n) is 2.30. The number of hydrogen-bond acceptors (Lipinski definition) is 5. The highest BCUT2D eigenvalue weighted by atomic mass is 32.2. The standard InChI is InChI=1S/C18H19F3N2O3S/c19-18(20,21)13-6-7-17(22-9-13)27-11-16(26)23-14(10-24)8-15(25)12-4-2-1-3-5-12/h1-7,9,14-15,24-25H,8,10-11H2,(H,23,26)/t14-,15+/m1/s1. The highest BCUT2D eigenvalue weighted by Crippen LogP contribution is 2.29. The molecule has 0 saturated heterocycles. The highest BCUT2D eigenvalue weighted by molar-refractivity contribution is 7.99. The Labute approximate surface area is 158 Å². The van der Waals surface area contributed by atoms with E-state index in [0.29, 0.717) is 11.8 Å². The largest absolute Gasteiger partial charge is 0.417 e. The van der Waals surface area contributed by atoms with Gasteiger partial charge in [-0.05, 0) is 24.1 Å². The first-order chi connectivity index (χ1) is 12.8. The summed E-state index contributed by atoms with van der Waals surface area (Å²) in [5, 5.41) is 22.5. The van der Waals surface area contributed by atoms with E-state index in [0.717, 1.165) is 17.8 Å². The molecule has 1 heterocycles. The van der Waals surface area contributed by atoms with Crippen LogP contribution in [0.1, 0.15) is 23.7 Å². The third-order valence-electron chi connectivity index (χ3n) is 3.69. The third-order valence-corrected chi connectivity index (χ3v) is 4.64. The second-order valence-corrected chi connectivity index (χ2v) is 6.78. The van der Waals surface area contributed by atoms with Crippen LogP contribution in [0.15, 0.2) is 53.7 Å². The van der Waals surface area contributed by atoms with E-state index in [4.69, 9.17) is 0 Å². The van der Waals surface area contributed by atoms with Gasteiger partial charge in [0.2, 0.25) is 5.91 Å². The first-order valence-electron chi connectivity index (χ1n) is 8.09.